The SMILES string of the molecule is O=[N+]([O-])c1c(NCCc2cscn2)nc2sccn12. The van der Waals surface area contributed by atoms with Gasteiger partial charge in [0, 0.05) is 23.7 Å². The summed E-state index contributed by atoms with van der Waals surface area (Å²) in [6.45, 7) is 0.565. The average Bonchev–Trinajstić information content (AvgIpc) is 3.02. The van der Waals surface area contributed by atoms with Gasteiger partial charge in [0.25, 0.3) is 4.96 Å². The van der Waals surface area contributed by atoms with E-state index in [4.69, 9.17) is 0 Å². The van der Waals surface area contributed by atoms with Crippen molar-refractivity contribution in [2.45, 2.75) is 6.42 Å². The molecule has 0 aliphatic rings. The molecule has 19 heavy (non-hydrogen) atoms. The van der Waals surface area contributed by atoms with Gasteiger partial charge in [0.15, 0.2) is 0 Å². The minimum Gasteiger partial charge on any atom is -0.363 e. The Hall–Kier alpha value is -2.00. The van der Waals surface area contributed by atoms with Gasteiger partial charge in [-0.05, 0) is 4.92 Å². The number of fused-ring (bicyclic) bond motifs is 1. The molecular formula is C10H9N5O2S2. The van der Waals surface area contributed by atoms with Crippen molar-refractivity contribution in [1.82, 2.24) is 14.4 Å². The van der Waals surface area contributed by atoms with Crippen molar-refractivity contribution in [2.24, 2.45) is 0 Å². The fourth-order valence-corrected chi connectivity index (χ4v) is 3.04. The second-order valence-corrected chi connectivity index (χ2v) is 5.34. The minimum atomic E-state index is -0.419. The van der Waals surface area contributed by atoms with Gasteiger partial charge in [0.1, 0.15) is 6.20 Å². The Kier molecular flexibility index (Phi) is 3.13. The largest absolute Gasteiger partial charge is 0.372 e. The van der Waals surface area contributed by atoms with Gasteiger partial charge in [0.05, 0.1) is 11.2 Å². The molecule has 3 aromatic rings. The molecule has 0 aromatic carbocycles. The van der Waals surface area contributed by atoms with Gasteiger partial charge in [-0.2, -0.15) is 9.38 Å². The summed E-state index contributed by atoms with van der Waals surface area (Å²) in [7, 11) is 0. The lowest BCUT2D eigenvalue weighted by molar-refractivity contribution is -0.389. The lowest BCUT2D eigenvalue weighted by Gasteiger charge is -2.01. The Bertz CT molecular complexity index is 703. The van der Waals surface area contributed by atoms with Crippen molar-refractivity contribution in [3.63, 3.8) is 0 Å². The molecule has 0 unspecified atom stereocenters. The van der Waals surface area contributed by atoms with E-state index in [0.717, 1.165) is 5.69 Å². The Morgan fingerprint density at radius 3 is 3.16 bits per heavy atom. The highest BCUT2D eigenvalue weighted by molar-refractivity contribution is 7.15. The van der Waals surface area contributed by atoms with Crippen LogP contribution in [0, 0.1) is 10.1 Å². The number of hydrogen-bond donors (Lipinski definition) is 1. The zero-order valence-corrected chi connectivity index (χ0v) is 11.3. The highest BCUT2D eigenvalue weighted by Crippen LogP contribution is 2.27. The number of nitro groups is 1. The first-order valence-electron chi connectivity index (χ1n) is 5.46. The summed E-state index contributed by atoms with van der Waals surface area (Å²) in [6, 6.07) is 0. The summed E-state index contributed by atoms with van der Waals surface area (Å²) in [5.41, 5.74) is 2.74. The summed E-state index contributed by atoms with van der Waals surface area (Å²) in [6.07, 6.45) is 2.36. The quantitative estimate of drug-likeness (QED) is 0.577. The number of aromatic nitrogens is 3. The van der Waals surface area contributed by atoms with E-state index in [9.17, 15) is 10.1 Å². The van der Waals surface area contributed by atoms with E-state index in [1.54, 1.807) is 17.1 Å². The van der Waals surface area contributed by atoms with Gasteiger partial charge in [-0.3, -0.25) is 0 Å². The summed E-state index contributed by atoms with van der Waals surface area (Å²) in [5.74, 6) is 0.293. The van der Waals surface area contributed by atoms with Crippen molar-refractivity contribution < 1.29 is 4.92 Å². The van der Waals surface area contributed by atoms with Crippen LogP contribution in [0.25, 0.3) is 4.96 Å². The molecule has 0 bridgehead atoms. The lowest BCUT2D eigenvalue weighted by atomic mass is 10.3. The number of nitrogens with one attached hydrogen (secondary N) is 1. The van der Waals surface area contributed by atoms with Crippen molar-refractivity contribution in [1.29, 1.82) is 0 Å². The first kappa shape index (κ1) is 12.1. The van der Waals surface area contributed by atoms with Crippen LogP contribution in [0.15, 0.2) is 22.5 Å². The number of hydrogen-bond acceptors (Lipinski definition) is 7. The lowest BCUT2D eigenvalue weighted by Crippen LogP contribution is -2.07. The van der Waals surface area contributed by atoms with Crippen LogP contribution in [-0.2, 0) is 6.42 Å². The molecule has 0 aliphatic heterocycles. The van der Waals surface area contributed by atoms with Crippen LogP contribution in [0.1, 0.15) is 5.69 Å². The van der Waals surface area contributed by atoms with E-state index in [-0.39, 0.29) is 5.82 Å². The highest BCUT2D eigenvalue weighted by Gasteiger charge is 2.23. The third-order valence-corrected chi connectivity index (χ3v) is 3.96. The smallest absolute Gasteiger partial charge is 0.363 e. The Morgan fingerprint density at radius 1 is 1.53 bits per heavy atom. The summed E-state index contributed by atoms with van der Waals surface area (Å²) in [4.78, 5) is 19.7. The summed E-state index contributed by atoms with van der Waals surface area (Å²) in [5, 5.41) is 17.8. The number of anilines is 1. The molecule has 0 amide bonds. The molecular weight excluding hydrogens is 286 g/mol. The third-order valence-electron chi connectivity index (χ3n) is 2.57. The normalized spacial score (nSPS) is 10.9. The van der Waals surface area contributed by atoms with Gasteiger partial charge >= 0.3 is 5.82 Å². The highest BCUT2D eigenvalue weighted by atomic mass is 32.1. The van der Waals surface area contributed by atoms with Crippen LogP contribution in [0.4, 0.5) is 11.6 Å². The fraction of sp³-hybridized carbons (Fsp3) is 0.200. The van der Waals surface area contributed by atoms with Crippen molar-refractivity contribution in [2.75, 3.05) is 11.9 Å². The van der Waals surface area contributed by atoms with Crippen molar-refractivity contribution >= 4 is 39.3 Å². The molecule has 3 rings (SSSR count). The number of imidazole rings is 1. The number of rotatable bonds is 5. The number of thiazole rings is 2. The van der Waals surface area contributed by atoms with Crippen molar-refractivity contribution in [3.8, 4) is 0 Å². The second kappa shape index (κ2) is 4.94. The van der Waals surface area contributed by atoms with E-state index in [1.807, 2.05) is 5.38 Å². The molecule has 0 fully saturated rings. The molecule has 9 heteroatoms. The molecule has 0 atom stereocenters. The molecule has 3 heterocycles. The van der Waals surface area contributed by atoms with Gasteiger partial charge in [-0.25, -0.2) is 4.98 Å². The molecule has 7 nitrogen and oxygen atoms in total. The Balaban J connectivity index is 1.78. The molecule has 0 aliphatic carbocycles. The minimum absolute atomic E-state index is 0.0190. The number of nitrogens with zero attached hydrogens (tertiary/aromatic N) is 4. The van der Waals surface area contributed by atoms with E-state index in [2.05, 4.69) is 15.3 Å². The first-order valence-corrected chi connectivity index (χ1v) is 7.29. The third kappa shape index (κ3) is 2.29. The molecule has 1 N–H and O–H groups in total. The zero-order chi connectivity index (χ0) is 13.2. The monoisotopic (exact) mass is 295 g/mol. The topological polar surface area (TPSA) is 85.4 Å². The van der Waals surface area contributed by atoms with Gasteiger partial charge in [-0.1, -0.05) is 11.3 Å². The molecule has 0 spiro atoms. The predicted molar refractivity (Wildman–Crippen MR) is 74.0 cm³/mol. The maximum atomic E-state index is 11.1. The van der Waals surface area contributed by atoms with Crippen LogP contribution < -0.4 is 5.32 Å². The molecule has 98 valence electrons. The van der Waals surface area contributed by atoms with Crippen LogP contribution in [-0.4, -0.2) is 25.8 Å². The zero-order valence-electron chi connectivity index (χ0n) is 9.65. The van der Waals surface area contributed by atoms with Crippen LogP contribution in [0.3, 0.4) is 0 Å². The van der Waals surface area contributed by atoms with Gasteiger partial charge in [0.2, 0.25) is 5.82 Å². The van der Waals surface area contributed by atoms with Crippen molar-refractivity contribution in [3.05, 3.63) is 38.3 Å². The molecule has 0 saturated heterocycles. The van der Waals surface area contributed by atoms with Gasteiger partial charge < -0.3 is 15.4 Å². The Morgan fingerprint density at radius 2 is 2.42 bits per heavy atom. The van der Waals surface area contributed by atoms with E-state index >= 15 is 0 Å². The van der Waals surface area contributed by atoms with Crippen LogP contribution >= 0.6 is 22.7 Å². The molecule has 0 radical (unpaired) electrons. The first-order chi connectivity index (χ1) is 9.25. The standard InChI is InChI=1S/C10H9N5O2S2/c16-15(17)9-8(13-10-14(9)3-4-19-10)11-2-1-7-5-18-6-12-7/h3-6,11H,1-2H2. The van der Waals surface area contributed by atoms with Crippen LogP contribution in [0.2, 0.25) is 0 Å². The fourth-order valence-electron chi connectivity index (χ4n) is 1.74. The van der Waals surface area contributed by atoms with Gasteiger partial charge in [-0.15, -0.1) is 11.3 Å². The molecule has 3 aromatic heterocycles. The van der Waals surface area contributed by atoms with E-state index in [0.29, 0.717) is 23.7 Å². The second-order valence-electron chi connectivity index (χ2n) is 3.75. The maximum Gasteiger partial charge on any atom is 0.372 e. The van der Waals surface area contributed by atoms with E-state index in [1.165, 1.54) is 27.1 Å². The molecule has 0 saturated carbocycles. The predicted octanol–water partition coefficient (Wildman–Crippen LogP) is 2.42. The average molecular weight is 295 g/mol. The summed E-state index contributed by atoms with van der Waals surface area (Å²) < 4.78 is 1.48. The maximum absolute atomic E-state index is 11.1. The van der Waals surface area contributed by atoms with E-state index < -0.39 is 4.92 Å². The van der Waals surface area contributed by atoms with Crippen LogP contribution in [0.5, 0.6) is 0 Å². The Labute approximate surface area is 115 Å². The summed E-state index contributed by atoms with van der Waals surface area (Å²) >= 11 is 2.90.